The predicted molar refractivity (Wildman–Crippen MR) is 145 cm³/mol. The Hall–Kier alpha value is -3.20. The van der Waals surface area contributed by atoms with Crippen LogP contribution in [0.4, 0.5) is 5.13 Å². The molecule has 0 aliphatic carbocycles. The summed E-state index contributed by atoms with van der Waals surface area (Å²) in [5, 5.41) is 14.1. The lowest BCUT2D eigenvalue weighted by atomic mass is 10.00. The van der Waals surface area contributed by atoms with E-state index in [2.05, 4.69) is 18.8 Å². The average molecular weight is 539 g/mol. The molecular weight excluding hydrogens is 516 g/mol. The monoisotopic (exact) mass is 538 g/mol. The Labute approximate surface area is 221 Å². The lowest BCUT2D eigenvalue weighted by Crippen LogP contribution is -2.28. The van der Waals surface area contributed by atoms with Gasteiger partial charge in [0, 0.05) is 15.5 Å². The standard InChI is InChI=1S/C27H23ClN2O4S2/c1-14(2)13-34-17-8-6-16(7-9-17)24(31)22-23(20-5-4-10-35-20)30(26(33)25(22)32)27-29-19-12-18(28)15(3)11-21(19)36-27/h4-12,14,23,31H,13H2,1-3H3/b24-22+. The summed E-state index contributed by atoms with van der Waals surface area (Å²) in [4.78, 5) is 33.4. The van der Waals surface area contributed by atoms with Crippen molar-refractivity contribution in [3.8, 4) is 5.75 Å². The van der Waals surface area contributed by atoms with Crippen molar-refractivity contribution in [1.29, 1.82) is 0 Å². The zero-order valence-corrected chi connectivity index (χ0v) is 22.2. The Morgan fingerprint density at radius 1 is 1.19 bits per heavy atom. The molecule has 0 bridgehead atoms. The minimum atomic E-state index is -0.793. The van der Waals surface area contributed by atoms with Gasteiger partial charge in [-0.05, 0) is 66.2 Å². The molecule has 6 nitrogen and oxygen atoms in total. The highest BCUT2D eigenvalue weighted by Gasteiger charge is 2.48. The van der Waals surface area contributed by atoms with E-state index in [1.165, 1.54) is 27.6 Å². The Morgan fingerprint density at radius 2 is 1.94 bits per heavy atom. The highest BCUT2D eigenvalue weighted by atomic mass is 35.5. The third-order valence-electron chi connectivity index (χ3n) is 5.83. The summed E-state index contributed by atoms with van der Waals surface area (Å²) in [6.45, 7) is 6.59. The molecule has 2 aromatic heterocycles. The van der Waals surface area contributed by atoms with Crippen molar-refractivity contribution in [1.82, 2.24) is 4.98 Å². The van der Waals surface area contributed by atoms with Gasteiger partial charge in [-0.2, -0.15) is 0 Å². The number of nitrogens with zero attached hydrogens (tertiary/aromatic N) is 2. The summed E-state index contributed by atoms with van der Waals surface area (Å²) in [7, 11) is 0. The van der Waals surface area contributed by atoms with Crippen LogP contribution in [0.15, 0.2) is 59.5 Å². The molecule has 184 valence electrons. The number of amides is 1. The molecular formula is C27H23ClN2O4S2. The van der Waals surface area contributed by atoms with Crippen LogP contribution in [-0.4, -0.2) is 28.4 Å². The molecule has 0 saturated carbocycles. The number of anilines is 1. The van der Waals surface area contributed by atoms with E-state index in [9.17, 15) is 14.7 Å². The number of halogens is 1. The third kappa shape index (κ3) is 4.40. The lowest BCUT2D eigenvalue weighted by molar-refractivity contribution is -0.132. The molecule has 4 aromatic rings. The number of hydrogen-bond donors (Lipinski definition) is 1. The summed E-state index contributed by atoms with van der Waals surface area (Å²) >= 11 is 9.00. The van der Waals surface area contributed by atoms with E-state index in [0.29, 0.717) is 39.5 Å². The zero-order chi connectivity index (χ0) is 25.6. The van der Waals surface area contributed by atoms with Crippen molar-refractivity contribution in [2.24, 2.45) is 5.92 Å². The molecule has 1 fully saturated rings. The number of hydrogen-bond acceptors (Lipinski definition) is 7. The SMILES string of the molecule is Cc1cc2sc(N3C(=O)C(=O)/C(=C(/O)c4ccc(OCC(C)C)cc4)C3c3cccs3)nc2cc1Cl. The predicted octanol–water partition coefficient (Wildman–Crippen LogP) is 6.98. The molecule has 36 heavy (non-hydrogen) atoms. The van der Waals surface area contributed by atoms with Crippen LogP contribution in [0, 0.1) is 12.8 Å². The Balaban J connectivity index is 1.59. The molecule has 0 spiro atoms. The van der Waals surface area contributed by atoms with Crippen LogP contribution >= 0.6 is 34.3 Å². The number of ketones is 1. The van der Waals surface area contributed by atoms with Crippen molar-refractivity contribution < 1.29 is 19.4 Å². The van der Waals surface area contributed by atoms with E-state index < -0.39 is 17.7 Å². The van der Waals surface area contributed by atoms with Crippen LogP contribution < -0.4 is 9.64 Å². The van der Waals surface area contributed by atoms with Crippen LogP contribution in [0.25, 0.3) is 16.0 Å². The van der Waals surface area contributed by atoms with Crippen LogP contribution in [0.3, 0.4) is 0 Å². The normalized spacial score (nSPS) is 17.5. The van der Waals surface area contributed by atoms with E-state index in [1.54, 1.807) is 30.3 Å². The molecule has 1 saturated heterocycles. The quantitative estimate of drug-likeness (QED) is 0.163. The van der Waals surface area contributed by atoms with Crippen molar-refractivity contribution in [2.45, 2.75) is 26.8 Å². The molecule has 9 heteroatoms. The molecule has 1 atom stereocenters. The summed E-state index contributed by atoms with van der Waals surface area (Å²) in [5.41, 5.74) is 2.01. The smallest absolute Gasteiger partial charge is 0.301 e. The number of aliphatic hydroxyl groups is 1. The molecule has 1 aliphatic rings. The van der Waals surface area contributed by atoms with Gasteiger partial charge in [0.2, 0.25) is 0 Å². The van der Waals surface area contributed by atoms with Crippen LogP contribution in [-0.2, 0) is 9.59 Å². The minimum absolute atomic E-state index is 0.0340. The number of ether oxygens (including phenoxy) is 1. The topological polar surface area (TPSA) is 79.7 Å². The number of aliphatic hydroxyl groups excluding tert-OH is 1. The van der Waals surface area contributed by atoms with Gasteiger partial charge in [-0.3, -0.25) is 14.5 Å². The number of carbonyl (C=O) groups excluding carboxylic acids is 2. The maximum atomic E-state index is 13.3. The largest absolute Gasteiger partial charge is 0.507 e. The summed E-state index contributed by atoms with van der Waals surface area (Å²) in [5.74, 6) is -0.667. The average Bonchev–Trinajstić information content (AvgIpc) is 3.57. The molecule has 1 aliphatic heterocycles. The molecule has 1 N–H and O–H groups in total. The number of carbonyl (C=O) groups is 2. The number of thiazole rings is 1. The first-order valence-electron chi connectivity index (χ1n) is 11.4. The first-order valence-corrected chi connectivity index (χ1v) is 13.5. The Morgan fingerprint density at radius 3 is 2.61 bits per heavy atom. The maximum absolute atomic E-state index is 13.3. The highest BCUT2D eigenvalue weighted by Crippen LogP contribution is 2.45. The summed E-state index contributed by atoms with van der Waals surface area (Å²) in [6.07, 6.45) is 0. The fourth-order valence-electron chi connectivity index (χ4n) is 4.01. The number of aromatic nitrogens is 1. The van der Waals surface area contributed by atoms with Gasteiger partial charge in [0.25, 0.3) is 5.78 Å². The van der Waals surface area contributed by atoms with Gasteiger partial charge in [0.05, 0.1) is 22.4 Å². The number of rotatable bonds is 6. The second-order valence-electron chi connectivity index (χ2n) is 8.98. The maximum Gasteiger partial charge on any atom is 0.301 e. The Kier molecular flexibility index (Phi) is 6.59. The van der Waals surface area contributed by atoms with E-state index >= 15 is 0 Å². The van der Waals surface area contributed by atoms with Gasteiger partial charge >= 0.3 is 5.91 Å². The van der Waals surface area contributed by atoms with Gasteiger partial charge in [-0.25, -0.2) is 4.98 Å². The molecule has 0 radical (unpaired) electrons. The highest BCUT2D eigenvalue weighted by molar-refractivity contribution is 7.22. The molecule has 1 unspecified atom stereocenters. The van der Waals surface area contributed by atoms with Gasteiger partial charge in [0.15, 0.2) is 5.13 Å². The zero-order valence-electron chi connectivity index (χ0n) is 19.8. The van der Waals surface area contributed by atoms with E-state index in [0.717, 1.165) is 15.1 Å². The Bertz CT molecular complexity index is 1450. The summed E-state index contributed by atoms with van der Waals surface area (Å²) < 4.78 is 6.58. The van der Waals surface area contributed by atoms with Crippen molar-refractivity contribution in [3.05, 3.63) is 80.5 Å². The van der Waals surface area contributed by atoms with E-state index in [4.69, 9.17) is 16.3 Å². The van der Waals surface area contributed by atoms with Crippen LogP contribution in [0.2, 0.25) is 5.02 Å². The molecule has 5 rings (SSSR count). The van der Waals surface area contributed by atoms with Gasteiger partial charge in [-0.15, -0.1) is 11.3 Å². The second kappa shape index (κ2) is 9.69. The first kappa shape index (κ1) is 24.5. The van der Waals surface area contributed by atoms with E-state index in [-0.39, 0.29) is 11.3 Å². The third-order valence-corrected chi connectivity index (χ3v) is 8.18. The van der Waals surface area contributed by atoms with Crippen LogP contribution in [0.1, 0.15) is 35.9 Å². The van der Waals surface area contributed by atoms with E-state index in [1.807, 2.05) is 30.5 Å². The van der Waals surface area contributed by atoms with Gasteiger partial charge in [-0.1, -0.05) is 42.9 Å². The van der Waals surface area contributed by atoms with Gasteiger partial charge in [0.1, 0.15) is 17.6 Å². The van der Waals surface area contributed by atoms with Crippen molar-refractivity contribution in [2.75, 3.05) is 11.5 Å². The number of benzene rings is 2. The second-order valence-corrected chi connectivity index (χ2v) is 11.4. The molecule has 1 amide bonds. The molecule has 3 heterocycles. The minimum Gasteiger partial charge on any atom is -0.507 e. The fraction of sp³-hybridized carbons (Fsp3) is 0.222. The first-order chi connectivity index (χ1) is 17.2. The fourth-order valence-corrected chi connectivity index (χ4v) is 6.07. The van der Waals surface area contributed by atoms with Gasteiger partial charge < -0.3 is 9.84 Å². The summed E-state index contributed by atoms with van der Waals surface area (Å²) in [6, 6.07) is 13.4. The molecule has 2 aromatic carbocycles. The van der Waals surface area contributed by atoms with Crippen molar-refractivity contribution >= 4 is 67.1 Å². The number of Topliss-reactive ketones (excluding diaryl/α,β-unsaturated/α-hetero) is 1. The number of aryl methyl sites for hydroxylation is 1. The van der Waals surface area contributed by atoms with Crippen molar-refractivity contribution in [3.63, 3.8) is 0 Å². The number of thiophene rings is 1. The lowest BCUT2D eigenvalue weighted by Gasteiger charge is -2.21. The van der Waals surface area contributed by atoms with Crippen LogP contribution in [0.5, 0.6) is 5.75 Å². The number of fused-ring (bicyclic) bond motifs is 1.